The van der Waals surface area contributed by atoms with Crippen molar-refractivity contribution in [3.8, 4) is 11.1 Å². The van der Waals surface area contributed by atoms with Crippen molar-refractivity contribution in [2.75, 3.05) is 6.67 Å². The van der Waals surface area contributed by atoms with Gasteiger partial charge in [-0.25, -0.2) is 9.37 Å². The highest BCUT2D eigenvalue weighted by Gasteiger charge is 2.18. The van der Waals surface area contributed by atoms with E-state index >= 15 is 0 Å². The highest BCUT2D eigenvalue weighted by Crippen LogP contribution is 2.33. The Hall–Kier alpha value is -2.53. The van der Waals surface area contributed by atoms with Crippen molar-refractivity contribution >= 4 is 32.3 Å². The van der Waals surface area contributed by atoms with Crippen LogP contribution in [0, 0.1) is 0 Å². The first kappa shape index (κ1) is 16.9. The molecule has 0 N–H and O–H groups in total. The molecule has 4 aromatic rings. The van der Waals surface area contributed by atoms with Crippen molar-refractivity contribution in [1.29, 1.82) is 0 Å². The first-order chi connectivity index (χ1) is 12.6. The highest BCUT2D eigenvalue weighted by molar-refractivity contribution is 7.17. The Morgan fingerprint density at radius 2 is 1.92 bits per heavy atom. The van der Waals surface area contributed by atoms with Gasteiger partial charge in [-0.15, -0.1) is 11.3 Å². The lowest BCUT2D eigenvalue weighted by molar-refractivity contribution is 0.428. The fraction of sp³-hybridized carbons (Fsp3) is 0.238. The third-order valence-electron chi connectivity index (χ3n) is 4.61. The molecule has 0 saturated carbocycles. The molecule has 0 unspecified atom stereocenters. The molecule has 0 fully saturated rings. The minimum Gasteiger partial charge on any atom is -0.293 e. The predicted octanol–water partition coefficient (Wildman–Crippen LogP) is 5.37. The van der Waals surface area contributed by atoms with Gasteiger partial charge in [0.15, 0.2) is 0 Å². The third-order valence-corrected chi connectivity index (χ3v) is 5.48. The van der Waals surface area contributed by atoms with Gasteiger partial charge in [0, 0.05) is 16.9 Å². The van der Waals surface area contributed by atoms with Gasteiger partial charge in [-0.2, -0.15) is 0 Å². The Bertz CT molecular complexity index is 1160. The monoisotopic (exact) mass is 366 g/mol. The number of nitrogens with zero attached hydrogens (tertiary/aromatic N) is 2. The predicted molar refractivity (Wildman–Crippen MR) is 107 cm³/mol. The van der Waals surface area contributed by atoms with Gasteiger partial charge in [-0.3, -0.25) is 9.36 Å². The first-order valence-corrected chi connectivity index (χ1v) is 9.55. The van der Waals surface area contributed by atoms with Gasteiger partial charge in [0.1, 0.15) is 17.3 Å². The largest absolute Gasteiger partial charge is 0.293 e. The lowest BCUT2D eigenvalue weighted by Crippen LogP contribution is -2.26. The molecule has 0 saturated heterocycles. The molecule has 26 heavy (non-hydrogen) atoms. The molecule has 0 atom stereocenters. The maximum Gasteiger partial charge on any atom is 0.262 e. The molecular formula is C21H19FN2OS. The minimum atomic E-state index is -0.581. The molecule has 0 aliphatic heterocycles. The van der Waals surface area contributed by atoms with Crippen LogP contribution in [0.2, 0.25) is 0 Å². The van der Waals surface area contributed by atoms with Crippen molar-refractivity contribution in [3.05, 3.63) is 64.0 Å². The Labute approximate surface area is 154 Å². The summed E-state index contributed by atoms with van der Waals surface area (Å²) in [5, 5.41) is 4.85. The number of rotatable bonds is 4. The van der Waals surface area contributed by atoms with E-state index in [0.29, 0.717) is 11.2 Å². The van der Waals surface area contributed by atoms with Gasteiger partial charge in [-0.1, -0.05) is 50.2 Å². The van der Waals surface area contributed by atoms with Crippen molar-refractivity contribution in [1.82, 2.24) is 9.55 Å². The molecule has 4 rings (SSSR count). The smallest absolute Gasteiger partial charge is 0.262 e. The Morgan fingerprint density at radius 1 is 1.15 bits per heavy atom. The lowest BCUT2D eigenvalue weighted by atomic mass is 10.0. The Kier molecular flexibility index (Phi) is 4.32. The molecule has 0 radical (unpaired) electrons. The fourth-order valence-electron chi connectivity index (χ4n) is 3.35. The number of thiophene rings is 1. The number of hydrogen-bond donors (Lipinski definition) is 0. The summed E-state index contributed by atoms with van der Waals surface area (Å²) in [6.07, 6.45) is 0. The van der Waals surface area contributed by atoms with E-state index in [2.05, 4.69) is 29.2 Å². The van der Waals surface area contributed by atoms with E-state index in [1.165, 1.54) is 15.9 Å². The van der Waals surface area contributed by atoms with Gasteiger partial charge in [0.25, 0.3) is 5.56 Å². The zero-order chi connectivity index (χ0) is 18.3. The Morgan fingerprint density at radius 3 is 2.65 bits per heavy atom. The first-order valence-electron chi connectivity index (χ1n) is 8.67. The van der Waals surface area contributed by atoms with E-state index in [1.54, 1.807) is 0 Å². The van der Waals surface area contributed by atoms with Crippen LogP contribution >= 0.6 is 11.3 Å². The standard InChI is InChI=1S/C21H19FN2OS/c1-13(2)19-23-20-18(21(25)24(19)10-9-22)17(12-26-20)16-8-7-14-5-3-4-6-15(14)11-16/h3-8,11-13H,9-10H2,1-2H3. The van der Waals surface area contributed by atoms with Gasteiger partial charge < -0.3 is 0 Å². The molecule has 0 spiro atoms. The second-order valence-electron chi connectivity index (χ2n) is 6.66. The quantitative estimate of drug-likeness (QED) is 0.487. The zero-order valence-electron chi connectivity index (χ0n) is 14.7. The molecule has 0 aliphatic rings. The van der Waals surface area contributed by atoms with Crippen molar-refractivity contribution in [2.45, 2.75) is 26.3 Å². The summed E-state index contributed by atoms with van der Waals surface area (Å²) in [6, 6.07) is 14.3. The van der Waals surface area contributed by atoms with Gasteiger partial charge in [0.2, 0.25) is 0 Å². The normalized spacial score (nSPS) is 11.7. The van der Waals surface area contributed by atoms with Crippen LogP contribution in [-0.2, 0) is 6.54 Å². The van der Waals surface area contributed by atoms with Crippen molar-refractivity contribution in [3.63, 3.8) is 0 Å². The molecular weight excluding hydrogens is 347 g/mol. The van der Waals surface area contributed by atoms with E-state index in [4.69, 9.17) is 0 Å². The number of fused-ring (bicyclic) bond motifs is 2. The summed E-state index contributed by atoms with van der Waals surface area (Å²) in [5.74, 6) is 0.705. The van der Waals surface area contributed by atoms with Crippen LogP contribution in [0.1, 0.15) is 25.6 Å². The molecule has 132 valence electrons. The molecule has 5 heteroatoms. The summed E-state index contributed by atoms with van der Waals surface area (Å²) < 4.78 is 14.5. The van der Waals surface area contributed by atoms with Gasteiger partial charge >= 0.3 is 0 Å². The van der Waals surface area contributed by atoms with Crippen molar-refractivity contribution in [2.24, 2.45) is 0 Å². The second kappa shape index (κ2) is 6.65. The number of alkyl halides is 1. The molecule has 0 bridgehead atoms. The number of halogens is 1. The third kappa shape index (κ3) is 2.72. The average Bonchev–Trinajstić information content (AvgIpc) is 3.07. The summed E-state index contributed by atoms with van der Waals surface area (Å²) >= 11 is 1.47. The Balaban J connectivity index is 1.98. The molecule has 0 amide bonds. The van der Waals surface area contributed by atoms with E-state index in [1.807, 2.05) is 37.4 Å². The maximum absolute atomic E-state index is 13.1. The van der Waals surface area contributed by atoms with Crippen LogP contribution in [0.3, 0.4) is 0 Å². The van der Waals surface area contributed by atoms with Crippen molar-refractivity contribution < 1.29 is 4.39 Å². The highest BCUT2D eigenvalue weighted by atomic mass is 32.1. The summed E-state index contributed by atoms with van der Waals surface area (Å²) in [5.41, 5.74) is 1.70. The molecule has 0 aliphatic carbocycles. The topological polar surface area (TPSA) is 34.9 Å². The van der Waals surface area contributed by atoms with Crippen LogP contribution in [-0.4, -0.2) is 16.2 Å². The van der Waals surface area contributed by atoms with E-state index < -0.39 is 6.67 Å². The molecule has 2 aromatic carbocycles. The minimum absolute atomic E-state index is 0.0439. The number of benzene rings is 2. The fourth-order valence-corrected chi connectivity index (χ4v) is 4.30. The lowest BCUT2D eigenvalue weighted by Gasteiger charge is -2.14. The van der Waals surface area contributed by atoms with Gasteiger partial charge in [0.05, 0.1) is 11.9 Å². The molecule has 2 aromatic heterocycles. The summed E-state index contributed by atoms with van der Waals surface area (Å²) in [7, 11) is 0. The summed E-state index contributed by atoms with van der Waals surface area (Å²) in [4.78, 5) is 18.5. The van der Waals surface area contributed by atoms with Gasteiger partial charge in [-0.05, 0) is 22.4 Å². The van der Waals surface area contributed by atoms with Crippen LogP contribution in [0.4, 0.5) is 4.39 Å². The second-order valence-corrected chi connectivity index (χ2v) is 7.52. The molecule has 3 nitrogen and oxygen atoms in total. The van der Waals surface area contributed by atoms with E-state index in [-0.39, 0.29) is 18.0 Å². The zero-order valence-corrected chi connectivity index (χ0v) is 15.5. The van der Waals surface area contributed by atoms with E-state index in [9.17, 15) is 9.18 Å². The van der Waals surface area contributed by atoms with Crippen LogP contribution in [0.25, 0.3) is 32.1 Å². The van der Waals surface area contributed by atoms with Crippen LogP contribution < -0.4 is 5.56 Å². The SMILES string of the molecule is CC(C)c1nc2scc(-c3ccc4ccccc4c3)c2c(=O)n1CCF. The number of aromatic nitrogens is 2. The number of hydrogen-bond acceptors (Lipinski definition) is 3. The van der Waals surface area contributed by atoms with Crippen LogP contribution in [0.15, 0.2) is 52.6 Å². The van der Waals surface area contributed by atoms with Crippen LogP contribution in [0.5, 0.6) is 0 Å². The summed E-state index contributed by atoms with van der Waals surface area (Å²) in [6.45, 7) is 3.41. The maximum atomic E-state index is 13.1. The average molecular weight is 366 g/mol. The molecule has 2 heterocycles. The van der Waals surface area contributed by atoms with E-state index in [0.717, 1.165) is 26.7 Å².